The largest absolute Gasteiger partial charge is 0.383 e. The summed E-state index contributed by atoms with van der Waals surface area (Å²) in [5.74, 6) is 0.529. The summed E-state index contributed by atoms with van der Waals surface area (Å²) in [5.41, 5.74) is 6.85. The number of nitrogens with two attached hydrogens (primary N) is 1. The van der Waals surface area contributed by atoms with Crippen molar-refractivity contribution in [3.63, 3.8) is 0 Å². The normalized spacial score (nSPS) is 10.6. The van der Waals surface area contributed by atoms with Gasteiger partial charge >= 0.3 is 0 Å². The highest BCUT2D eigenvalue weighted by molar-refractivity contribution is 7.99. The predicted octanol–water partition coefficient (Wildman–Crippen LogP) is 3.21. The Morgan fingerprint density at radius 1 is 1.28 bits per heavy atom. The maximum atomic E-state index is 6.09. The number of nitrogens with zero attached hydrogens (tertiary/aromatic N) is 3. The number of pyridine rings is 1. The van der Waals surface area contributed by atoms with Gasteiger partial charge in [-0.3, -0.25) is 0 Å². The van der Waals surface area contributed by atoms with Crippen molar-refractivity contribution in [2.75, 3.05) is 5.73 Å². The third-order valence-corrected chi connectivity index (χ3v) is 3.84. The van der Waals surface area contributed by atoms with Crippen LogP contribution in [0.25, 0.3) is 0 Å². The van der Waals surface area contributed by atoms with Gasteiger partial charge in [-0.2, -0.15) is 0 Å². The van der Waals surface area contributed by atoms with E-state index >= 15 is 0 Å². The van der Waals surface area contributed by atoms with E-state index in [1.165, 1.54) is 18.1 Å². The molecule has 0 saturated heterocycles. The molecule has 2 aromatic heterocycles. The first-order chi connectivity index (χ1) is 8.72. The monoisotopic (exact) mass is 280 g/mol. The summed E-state index contributed by atoms with van der Waals surface area (Å²) in [5, 5.41) is 2.17. The van der Waals surface area contributed by atoms with Gasteiger partial charge in [0.1, 0.15) is 22.2 Å². The first kappa shape index (κ1) is 13.1. The molecule has 0 amide bonds. The molecule has 0 atom stereocenters. The van der Waals surface area contributed by atoms with Crippen molar-refractivity contribution in [2.45, 2.75) is 29.8 Å². The van der Waals surface area contributed by atoms with Crippen molar-refractivity contribution in [3.8, 4) is 0 Å². The molecule has 2 rings (SSSR count). The Bertz CT molecular complexity index is 547. The standard InChI is InChI=1S/C12H13ClN4S/c1-2-4-8-10(14)16-7-17-11(8)18-12-9(13)5-3-6-15-12/h3,5-7H,2,4H2,1H3,(H2,14,16,17). The molecule has 2 aromatic rings. The SMILES string of the molecule is CCCc1c(N)ncnc1Sc1ncccc1Cl. The van der Waals surface area contributed by atoms with Gasteiger partial charge in [-0.05, 0) is 30.3 Å². The number of halogens is 1. The third kappa shape index (κ3) is 2.91. The van der Waals surface area contributed by atoms with Gasteiger partial charge in [0.15, 0.2) is 0 Å². The summed E-state index contributed by atoms with van der Waals surface area (Å²) in [6.07, 6.45) is 5.01. The molecule has 6 heteroatoms. The minimum Gasteiger partial charge on any atom is -0.383 e. The van der Waals surface area contributed by atoms with Crippen LogP contribution in [0.4, 0.5) is 5.82 Å². The molecule has 0 radical (unpaired) electrons. The van der Waals surface area contributed by atoms with Crippen molar-refractivity contribution in [1.29, 1.82) is 0 Å². The first-order valence-corrected chi connectivity index (χ1v) is 6.79. The summed E-state index contributed by atoms with van der Waals surface area (Å²) in [6.45, 7) is 2.09. The second-order valence-corrected chi connectivity index (χ2v) is 5.07. The molecule has 0 aliphatic carbocycles. The zero-order valence-electron chi connectivity index (χ0n) is 9.93. The van der Waals surface area contributed by atoms with Crippen LogP contribution in [0, 0.1) is 0 Å². The summed E-state index contributed by atoms with van der Waals surface area (Å²) in [6, 6.07) is 3.61. The van der Waals surface area contributed by atoms with Gasteiger partial charge in [0.05, 0.1) is 5.02 Å². The second kappa shape index (κ2) is 6.02. The lowest BCUT2D eigenvalue weighted by Crippen LogP contribution is -2.01. The number of rotatable bonds is 4. The predicted molar refractivity (Wildman–Crippen MR) is 73.8 cm³/mol. The summed E-state index contributed by atoms with van der Waals surface area (Å²) in [7, 11) is 0. The molecule has 18 heavy (non-hydrogen) atoms. The Hall–Kier alpha value is -1.33. The summed E-state index contributed by atoms with van der Waals surface area (Å²) >= 11 is 7.51. The number of hydrogen-bond acceptors (Lipinski definition) is 5. The van der Waals surface area contributed by atoms with Gasteiger partial charge in [0, 0.05) is 11.8 Å². The molecule has 4 nitrogen and oxygen atoms in total. The average molecular weight is 281 g/mol. The Balaban J connectivity index is 2.34. The molecule has 0 aliphatic rings. The van der Waals surface area contributed by atoms with Gasteiger partial charge in [-0.25, -0.2) is 15.0 Å². The van der Waals surface area contributed by atoms with Gasteiger partial charge in [0.25, 0.3) is 0 Å². The van der Waals surface area contributed by atoms with Crippen LogP contribution in [-0.4, -0.2) is 15.0 Å². The van der Waals surface area contributed by atoms with E-state index in [0.29, 0.717) is 10.8 Å². The van der Waals surface area contributed by atoms with Crippen molar-refractivity contribution < 1.29 is 0 Å². The highest BCUT2D eigenvalue weighted by atomic mass is 35.5. The van der Waals surface area contributed by atoms with Crippen LogP contribution in [0.1, 0.15) is 18.9 Å². The Labute approximate surface area is 115 Å². The molecule has 0 aliphatic heterocycles. The second-order valence-electron chi connectivity index (χ2n) is 3.69. The lowest BCUT2D eigenvalue weighted by molar-refractivity contribution is 0.860. The maximum absolute atomic E-state index is 6.09. The zero-order chi connectivity index (χ0) is 13.0. The fourth-order valence-corrected chi connectivity index (χ4v) is 2.65. The minimum atomic E-state index is 0.529. The van der Waals surface area contributed by atoms with E-state index in [4.69, 9.17) is 17.3 Å². The number of nitrogen functional groups attached to an aromatic ring is 1. The lowest BCUT2D eigenvalue weighted by Gasteiger charge is -2.09. The van der Waals surface area contributed by atoms with E-state index in [1.54, 1.807) is 18.3 Å². The van der Waals surface area contributed by atoms with E-state index in [-0.39, 0.29) is 0 Å². The zero-order valence-corrected chi connectivity index (χ0v) is 11.5. The van der Waals surface area contributed by atoms with Crippen molar-refractivity contribution >= 4 is 29.2 Å². The summed E-state index contributed by atoms with van der Waals surface area (Å²) in [4.78, 5) is 12.5. The van der Waals surface area contributed by atoms with Gasteiger partial charge < -0.3 is 5.73 Å². The van der Waals surface area contributed by atoms with Crippen LogP contribution < -0.4 is 5.73 Å². The molecule has 0 fully saturated rings. The highest BCUT2D eigenvalue weighted by Crippen LogP contribution is 2.33. The molecule has 0 spiro atoms. The van der Waals surface area contributed by atoms with E-state index in [0.717, 1.165) is 28.5 Å². The van der Waals surface area contributed by atoms with E-state index < -0.39 is 0 Å². The van der Waals surface area contributed by atoms with Crippen molar-refractivity contribution in [3.05, 3.63) is 35.2 Å². The maximum Gasteiger partial charge on any atom is 0.131 e. The summed E-state index contributed by atoms with van der Waals surface area (Å²) < 4.78 is 0. The van der Waals surface area contributed by atoms with E-state index in [2.05, 4.69) is 21.9 Å². The highest BCUT2D eigenvalue weighted by Gasteiger charge is 2.12. The molecular formula is C12H13ClN4S. The number of hydrogen-bond donors (Lipinski definition) is 1. The first-order valence-electron chi connectivity index (χ1n) is 5.60. The molecule has 0 saturated carbocycles. The minimum absolute atomic E-state index is 0.529. The molecule has 0 bridgehead atoms. The van der Waals surface area contributed by atoms with Gasteiger partial charge in [-0.1, -0.05) is 24.9 Å². The number of anilines is 1. The molecule has 2 N–H and O–H groups in total. The Morgan fingerprint density at radius 3 is 2.83 bits per heavy atom. The van der Waals surface area contributed by atoms with E-state index in [9.17, 15) is 0 Å². The van der Waals surface area contributed by atoms with Crippen LogP contribution >= 0.6 is 23.4 Å². The lowest BCUT2D eigenvalue weighted by atomic mass is 10.2. The third-order valence-electron chi connectivity index (χ3n) is 2.36. The van der Waals surface area contributed by atoms with Crippen LogP contribution in [0.3, 0.4) is 0 Å². The van der Waals surface area contributed by atoms with Crippen LogP contribution in [-0.2, 0) is 6.42 Å². The van der Waals surface area contributed by atoms with Crippen LogP contribution in [0.15, 0.2) is 34.7 Å². The molecule has 0 aromatic carbocycles. The molecular weight excluding hydrogens is 268 g/mol. The van der Waals surface area contributed by atoms with Gasteiger partial charge in [0.2, 0.25) is 0 Å². The molecule has 94 valence electrons. The van der Waals surface area contributed by atoms with E-state index in [1.807, 2.05) is 0 Å². The Kier molecular flexibility index (Phi) is 4.38. The topological polar surface area (TPSA) is 64.7 Å². The number of aromatic nitrogens is 3. The molecule has 0 unspecified atom stereocenters. The van der Waals surface area contributed by atoms with Crippen LogP contribution in [0.5, 0.6) is 0 Å². The Morgan fingerprint density at radius 2 is 2.11 bits per heavy atom. The van der Waals surface area contributed by atoms with Crippen LogP contribution in [0.2, 0.25) is 5.02 Å². The molecule has 2 heterocycles. The van der Waals surface area contributed by atoms with Crippen molar-refractivity contribution in [2.24, 2.45) is 0 Å². The average Bonchev–Trinajstić information content (AvgIpc) is 2.36. The van der Waals surface area contributed by atoms with Crippen molar-refractivity contribution in [1.82, 2.24) is 15.0 Å². The fraction of sp³-hybridized carbons (Fsp3) is 0.250. The quantitative estimate of drug-likeness (QED) is 0.871. The smallest absolute Gasteiger partial charge is 0.131 e. The fourth-order valence-electron chi connectivity index (χ4n) is 1.52. The van der Waals surface area contributed by atoms with Gasteiger partial charge in [-0.15, -0.1) is 0 Å².